The van der Waals surface area contributed by atoms with E-state index in [1.165, 1.54) is 0 Å². The SMILES string of the molecule is O=C(/C=C/c1cnn(-c2ccccc2)c1)c1ccc(Br)cc1. The second kappa shape index (κ2) is 6.54. The van der Waals surface area contributed by atoms with E-state index in [1.54, 1.807) is 35.2 Å². The maximum Gasteiger partial charge on any atom is 0.185 e. The summed E-state index contributed by atoms with van der Waals surface area (Å²) >= 11 is 3.35. The Hall–Kier alpha value is -2.46. The Morgan fingerprint density at radius 1 is 1.05 bits per heavy atom. The van der Waals surface area contributed by atoms with Crippen LogP contribution >= 0.6 is 15.9 Å². The van der Waals surface area contributed by atoms with Gasteiger partial charge in [0.25, 0.3) is 0 Å². The zero-order valence-electron chi connectivity index (χ0n) is 11.7. The van der Waals surface area contributed by atoms with Crippen LogP contribution in [0.4, 0.5) is 0 Å². The number of para-hydroxylation sites is 1. The predicted octanol–water partition coefficient (Wildman–Crippen LogP) is 4.53. The Labute approximate surface area is 137 Å². The second-order valence-corrected chi connectivity index (χ2v) is 5.67. The van der Waals surface area contributed by atoms with E-state index in [0.717, 1.165) is 15.7 Å². The average molecular weight is 353 g/mol. The number of halogens is 1. The largest absolute Gasteiger partial charge is 0.289 e. The van der Waals surface area contributed by atoms with E-state index in [9.17, 15) is 4.79 Å². The van der Waals surface area contributed by atoms with Crippen LogP contribution in [-0.4, -0.2) is 15.6 Å². The molecule has 0 radical (unpaired) electrons. The normalized spacial score (nSPS) is 11.0. The third-order valence-electron chi connectivity index (χ3n) is 3.18. The Bertz CT molecular complexity index is 805. The van der Waals surface area contributed by atoms with Crippen molar-refractivity contribution in [1.29, 1.82) is 0 Å². The summed E-state index contributed by atoms with van der Waals surface area (Å²) < 4.78 is 2.74. The highest BCUT2D eigenvalue weighted by molar-refractivity contribution is 9.10. The maximum atomic E-state index is 12.1. The molecular weight excluding hydrogens is 340 g/mol. The Morgan fingerprint density at radius 2 is 1.77 bits per heavy atom. The molecule has 22 heavy (non-hydrogen) atoms. The van der Waals surface area contributed by atoms with Crippen molar-refractivity contribution in [2.24, 2.45) is 0 Å². The molecule has 0 saturated carbocycles. The van der Waals surface area contributed by atoms with Gasteiger partial charge in [0.05, 0.1) is 11.9 Å². The fourth-order valence-electron chi connectivity index (χ4n) is 2.03. The van der Waals surface area contributed by atoms with Gasteiger partial charge in [-0.25, -0.2) is 4.68 Å². The minimum Gasteiger partial charge on any atom is -0.289 e. The second-order valence-electron chi connectivity index (χ2n) is 4.76. The van der Waals surface area contributed by atoms with E-state index in [0.29, 0.717) is 5.56 Å². The van der Waals surface area contributed by atoms with Crippen LogP contribution in [0.5, 0.6) is 0 Å². The number of rotatable bonds is 4. The van der Waals surface area contributed by atoms with Crippen molar-refractivity contribution >= 4 is 27.8 Å². The molecule has 0 bridgehead atoms. The topological polar surface area (TPSA) is 34.9 Å². The minimum absolute atomic E-state index is 0.0278. The number of carbonyl (C=O) groups is 1. The highest BCUT2D eigenvalue weighted by Crippen LogP contribution is 2.13. The number of ketones is 1. The first-order valence-electron chi connectivity index (χ1n) is 6.80. The third kappa shape index (κ3) is 3.40. The highest BCUT2D eigenvalue weighted by Gasteiger charge is 2.02. The van der Waals surface area contributed by atoms with Gasteiger partial charge in [-0.3, -0.25) is 4.79 Å². The van der Waals surface area contributed by atoms with E-state index >= 15 is 0 Å². The Kier molecular flexibility index (Phi) is 4.30. The number of allylic oxidation sites excluding steroid dienone is 1. The molecule has 3 nitrogen and oxygen atoms in total. The lowest BCUT2D eigenvalue weighted by Crippen LogP contribution is -1.93. The van der Waals surface area contributed by atoms with Gasteiger partial charge >= 0.3 is 0 Å². The van der Waals surface area contributed by atoms with Crippen LogP contribution in [0.1, 0.15) is 15.9 Å². The van der Waals surface area contributed by atoms with Crippen LogP contribution in [0.15, 0.2) is 77.5 Å². The Balaban J connectivity index is 1.75. The van der Waals surface area contributed by atoms with Crippen LogP contribution < -0.4 is 0 Å². The van der Waals surface area contributed by atoms with Gasteiger partial charge in [-0.05, 0) is 48.6 Å². The summed E-state index contributed by atoms with van der Waals surface area (Å²) in [5.74, 6) is -0.0278. The van der Waals surface area contributed by atoms with Gasteiger partial charge in [-0.15, -0.1) is 0 Å². The maximum absolute atomic E-state index is 12.1. The molecule has 3 aromatic rings. The van der Waals surface area contributed by atoms with Crippen LogP contribution in [0.2, 0.25) is 0 Å². The number of benzene rings is 2. The molecule has 0 N–H and O–H groups in total. The average Bonchev–Trinajstić information content (AvgIpc) is 3.03. The van der Waals surface area contributed by atoms with Crippen molar-refractivity contribution in [2.75, 3.05) is 0 Å². The van der Waals surface area contributed by atoms with Gasteiger partial charge in [-0.2, -0.15) is 5.10 Å². The van der Waals surface area contributed by atoms with Crippen LogP contribution in [0.25, 0.3) is 11.8 Å². The fraction of sp³-hybridized carbons (Fsp3) is 0. The molecule has 4 heteroatoms. The van der Waals surface area contributed by atoms with Crippen molar-refractivity contribution in [2.45, 2.75) is 0 Å². The summed E-state index contributed by atoms with van der Waals surface area (Å²) in [5.41, 5.74) is 2.53. The van der Waals surface area contributed by atoms with Crippen LogP contribution in [0.3, 0.4) is 0 Å². The molecule has 3 rings (SSSR count). The molecule has 0 fully saturated rings. The van der Waals surface area contributed by atoms with Crippen molar-refractivity contribution < 1.29 is 4.79 Å². The standard InChI is InChI=1S/C18H13BrN2O/c19-16-9-7-15(8-10-16)18(22)11-6-14-12-20-21(13-14)17-4-2-1-3-5-17/h1-13H/b11-6+. The first-order valence-corrected chi connectivity index (χ1v) is 7.60. The summed E-state index contributed by atoms with van der Waals surface area (Å²) in [6.45, 7) is 0. The minimum atomic E-state index is -0.0278. The molecule has 0 aliphatic rings. The smallest absolute Gasteiger partial charge is 0.185 e. The Morgan fingerprint density at radius 3 is 2.50 bits per heavy atom. The summed E-state index contributed by atoms with van der Waals surface area (Å²) in [7, 11) is 0. The molecule has 0 atom stereocenters. The van der Waals surface area contributed by atoms with Gasteiger partial charge in [0.2, 0.25) is 0 Å². The van der Waals surface area contributed by atoms with Crippen LogP contribution in [-0.2, 0) is 0 Å². The summed E-state index contributed by atoms with van der Waals surface area (Å²) in [4.78, 5) is 12.1. The monoisotopic (exact) mass is 352 g/mol. The van der Waals surface area contributed by atoms with Gasteiger partial charge < -0.3 is 0 Å². The number of hydrogen-bond acceptors (Lipinski definition) is 2. The van der Waals surface area contributed by atoms with Gasteiger partial charge in [-0.1, -0.05) is 34.1 Å². The number of hydrogen-bond donors (Lipinski definition) is 0. The quantitative estimate of drug-likeness (QED) is 0.510. The predicted molar refractivity (Wildman–Crippen MR) is 91.1 cm³/mol. The molecule has 0 saturated heterocycles. The molecule has 0 aliphatic carbocycles. The summed E-state index contributed by atoms with van der Waals surface area (Å²) in [5, 5.41) is 4.30. The fourth-order valence-corrected chi connectivity index (χ4v) is 2.29. The van der Waals surface area contributed by atoms with Crippen molar-refractivity contribution in [3.8, 4) is 5.69 Å². The molecule has 108 valence electrons. The lowest BCUT2D eigenvalue weighted by atomic mass is 10.1. The van der Waals surface area contributed by atoms with E-state index in [2.05, 4.69) is 21.0 Å². The van der Waals surface area contributed by atoms with Crippen molar-refractivity contribution in [1.82, 2.24) is 9.78 Å². The number of aromatic nitrogens is 2. The van der Waals surface area contributed by atoms with E-state index < -0.39 is 0 Å². The van der Waals surface area contributed by atoms with Crippen molar-refractivity contribution in [3.05, 3.63) is 88.7 Å². The van der Waals surface area contributed by atoms with Crippen molar-refractivity contribution in [3.63, 3.8) is 0 Å². The van der Waals surface area contributed by atoms with E-state index in [1.807, 2.05) is 48.7 Å². The molecule has 1 heterocycles. The third-order valence-corrected chi connectivity index (χ3v) is 3.71. The van der Waals surface area contributed by atoms with Gasteiger partial charge in [0, 0.05) is 21.8 Å². The molecule has 0 amide bonds. The van der Waals surface area contributed by atoms with Gasteiger partial charge in [0.1, 0.15) is 0 Å². The number of carbonyl (C=O) groups excluding carboxylic acids is 1. The lowest BCUT2D eigenvalue weighted by Gasteiger charge is -1.98. The lowest BCUT2D eigenvalue weighted by molar-refractivity contribution is 0.104. The molecular formula is C18H13BrN2O. The molecule has 0 unspecified atom stereocenters. The van der Waals surface area contributed by atoms with Crippen LogP contribution in [0, 0.1) is 0 Å². The zero-order chi connectivity index (χ0) is 15.4. The first-order chi connectivity index (χ1) is 10.7. The molecule has 0 spiro atoms. The number of nitrogens with zero attached hydrogens (tertiary/aromatic N) is 2. The highest BCUT2D eigenvalue weighted by atomic mass is 79.9. The first kappa shape index (κ1) is 14.5. The van der Waals surface area contributed by atoms with Gasteiger partial charge in [0.15, 0.2) is 5.78 Å². The zero-order valence-corrected chi connectivity index (χ0v) is 13.3. The molecule has 1 aromatic heterocycles. The van der Waals surface area contributed by atoms with E-state index in [4.69, 9.17) is 0 Å². The van der Waals surface area contributed by atoms with E-state index in [-0.39, 0.29) is 5.78 Å². The summed E-state index contributed by atoms with van der Waals surface area (Å²) in [6, 6.07) is 17.1. The molecule has 2 aromatic carbocycles. The molecule has 0 aliphatic heterocycles. The summed E-state index contributed by atoms with van der Waals surface area (Å²) in [6.07, 6.45) is 6.96.